The number of anilines is 2. The van der Waals surface area contributed by atoms with Crippen molar-refractivity contribution < 1.29 is 9.53 Å². The third kappa shape index (κ3) is 6.36. The highest BCUT2D eigenvalue weighted by Gasteiger charge is 2.17. The molecular weight excluding hydrogens is 444 g/mol. The number of hydrogen-bond donors (Lipinski definition) is 3. The van der Waals surface area contributed by atoms with E-state index in [2.05, 4.69) is 44.6 Å². The van der Waals surface area contributed by atoms with Crippen LogP contribution in [0.2, 0.25) is 0 Å². The van der Waals surface area contributed by atoms with Crippen molar-refractivity contribution in [3.05, 3.63) is 54.0 Å². The van der Waals surface area contributed by atoms with Crippen LogP contribution in [-0.2, 0) is 9.53 Å². The number of pyridine rings is 2. The Morgan fingerprint density at radius 1 is 1.23 bits per heavy atom. The molecule has 0 radical (unpaired) electrons. The van der Waals surface area contributed by atoms with E-state index in [0.717, 1.165) is 23.1 Å². The molecule has 3 aromatic heterocycles. The van der Waals surface area contributed by atoms with Crippen molar-refractivity contribution in [2.45, 2.75) is 26.2 Å². The maximum atomic E-state index is 11.8. The molecule has 0 aromatic carbocycles. The molecule has 4 heterocycles. The lowest BCUT2D eigenvalue weighted by Crippen LogP contribution is -2.42. The average molecular weight is 475 g/mol. The minimum atomic E-state index is 0.0373. The lowest BCUT2D eigenvalue weighted by molar-refractivity contribution is -0.142. The van der Waals surface area contributed by atoms with Crippen LogP contribution in [0.5, 0.6) is 0 Å². The molecular formula is C25H30N8O2. The van der Waals surface area contributed by atoms with Gasteiger partial charge in [0.1, 0.15) is 12.4 Å². The first-order valence-corrected chi connectivity index (χ1v) is 11.7. The number of fused-ring (bicyclic) bond motifs is 1. The minimum absolute atomic E-state index is 0.0373. The lowest BCUT2D eigenvalue weighted by atomic mass is 10.1. The van der Waals surface area contributed by atoms with E-state index in [1.165, 1.54) is 6.21 Å². The number of hydrogen-bond acceptors (Lipinski definition) is 9. The number of nitrogens with zero attached hydrogens (tertiary/aromatic N) is 5. The Labute approximate surface area is 204 Å². The van der Waals surface area contributed by atoms with Gasteiger partial charge in [0.15, 0.2) is 5.82 Å². The van der Waals surface area contributed by atoms with Gasteiger partial charge in [0.05, 0.1) is 23.8 Å². The summed E-state index contributed by atoms with van der Waals surface area (Å²) in [6, 6.07) is 7.63. The average Bonchev–Trinajstić information content (AvgIpc) is 2.87. The van der Waals surface area contributed by atoms with Crippen LogP contribution in [-0.4, -0.2) is 70.0 Å². The number of rotatable bonds is 10. The number of morpholine rings is 1. The number of amides is 1. The largest absolute Gasteiger partial charge is 0.390 e. The molecule has 3 N–H and O–H groups in total. The van der Waals surface area contributed by atoms with Crippen molar-refractivity contribution in [2.24, 2.45) is 0 Å². The van der Waals surface area contributed by atoms with Crippen LogP contribution >= 0.6 is 0 Å². The first kappa shape index (κ1) is 24.2. The van der Waals surface area contributed by atoms with E-state index in [0.29, 0.717) is 54.9 Å². The fourth-order valence-corrected chi connectivity index (χ4v) is 3.67. The van der Waals surface area contributed by atoms with E-state index in [4.69, 9.17) is 10.1 Å². The van der Waals surface area contributed by atoms with Crippen molar-refractivity contribution >= 4 is 40.4 Å². The predicted octanol–water partition coefficient (Wildman–Crippen LogP) is 3.12. The van der Waals surface area contributed by atoms with Crippen LogP contribution in [0.15, 0.2) is 42.9 Å². The van der Waals surface area contributed by atoms with Gasteiger partial charge in [-0.3, -0.25) is 9.78 Å². The molecule has 1 fully saturated rings. The summed E-state index contributed by atoms with van der Waals surface area (Å²) in [5, 5.41) is 22.5. The second kappa shape index (κ2) is 11.5. The minimum Gasteiger partial charge on any atom is -0.390 e. The smallest absolute Gasteiger partial charge is 0.248 e. The Balaban J connectivity index is 1.41. The highest BCUT2D eigenvalue weighted by molar-refractivity contribution is 6.08. The van der Waals surface area contributed by atoms with Gasteiger partial charge in [0, 0.05) is 49.4 Å². The summed E-state index contributed by atoms with van der Waals surface area (Å²) in [5.41, 5.74) is 4.04. The highest BCUT2D eigenvalue weighted by Crippen LogP contribution is 2.21. The van der Waals surface area contributed by atoms with Crippen LogP contribution in [0.1, 0.15) is 37.3 Å². The lowest BCUT2D eigenvalue weighted by Gasteiger charge is -2.26. The van der Waals surface area contributed by atoms with Gasteiger partial charge in [0.25, 0.3) is 0 Å². The van der Waals surface area contributed by atoms with Crippen molar-refractivity contribution in [3.63, 3.8) is 0 Å². The Hall–Kier alpha value is -3.92. The maximum absolute atomic E-state index is 11.8. The van der Waals surface area contributed by atoms with Crippen molar-refractivity contribution in [1.82, 2.24) is 30.4 Å². The van der Waals surface area contributed by atoms with E-state index in [-0.39, 0.29) is 12.5 Å². The summed E-state index contributed by atoms with van der Waals surface area (Å²) in [6.45, 7) is 6.99. The molecule has 0 bridgehead atoms. The van der Waals surface area contributed by atoms with Gasteiger partial charge < -0.3 is 25.7 Å². The molecule has 1 amide bonds. The Bertz CT molecular complexity index is 1230. The van der Waals surface area contributed by atoms with Crippen LogP contribution in [0.4, 0.5) is 11.6 Å². The van der Waals surface area contributed by atoms with Crippen molar-refractivity contribution in [3.8, 4) is 0 Å². The molecule has 0 atom stereocenters. The standard InChI is InChI=1S/C25H30N8O2/c1-17(2)18-11-24(32-29-15-18)31-23-5-4-21-22(30-23)10-19(14-28-21)20(12-26)13-27-6-3-7-33-8-9-35-16-25(33)34/h4-5,10-15,17,26-27H,3,6-9,16H2,1-2H3,(H,30,31,32)/b20-13+,26-12?. The monoisotopic (exact) mass is 474 g/mol. The van der Waals surface area contributed by atoms with Gasteiger partial charge in [-0.2, -0.15) is 5.10 Å². The molecule has 0 aliphatic carbocycles. The second-order valence-electron chi connectivity index (χ2n) is 8.60. The fraction of sp³-hybridized carbons (Fsp3) is 0.360. The third-order valence-electron chi connectivity index (χ3n) is 5.72. The Kier molecular flexibility index (Phi) is 7.94. The molecule has 1 aliphatic rings. The molecule has 4 rings (SSSR count). The quantitative estimate of drug-likeness (QED) is 0.302. The van der Waals surface area contributed by atoms with E-state index >= 15 is 0 Å². The number of carbonyl (C=O) groups is 1. The van der Waals surface area contributed by atoms with Gasteiger partial charge in [-0.25, -0.2) is 4.98 Å². The molecule has 0 spiro atoms. The third-order valence-corrected chi connectivity index (χ3v) is 5.72. The van der Waals surface area contributed by atoms with Crippen LogP contribution in [0.3, 0.4) is 0 Å². The van der Waals surface area contributed by atoms with Crippen molar-refractivity contribution in [1.29, 1.82) is 5.41 Å². The maximum Gasteiger partial charge on any atom is 0.248 e. The highest BCUT2D eigenvalue weighted by atomic mass is 16.5. The van der Waals surface area contributed by atoms with E-state index in [9.17, 15) is 4.79 Å². The van der Waals surface area contributed by atoms with Crippen LogP contribution < -0.4 is 10.6 Å². The summed E-state index contributed by atoms with van der Waals surface area (Å²) < 4.78 is 5.15. The van der Waals surface area contributed by atoms with Crippen molar-refractivity contribution in [2.75, 3.05) is 38.2 Å². The topological polar surface area (TPSA) is 129 Å². The zero-order valence-corrected chi connectivity index (χ0v) is 20.0. The molecule has 1 saturated heterocycles. The summed E-state index contributed by atoms with van der Waals surface area (Å²) >= 11 is 0. The molecule has 0 unspecified atom stereocenters. The Morgan fingerprint density at radius 3 is 2.91 bits per heavy atom. The zero-order valence-electron chi connectivity index (χ0n) is 20.0. The van der Waals surface area contributed by atoms with E-state index in [1.807, 2.05) is 29.2 Å². The molecule has 3 aromatic rings. The van der Waals surface area contributed by atoms with E-state index < -0.39 is 0 Å². The van der Waals surface area contributed by atoms with Gasteiger partial charge >= 0.3 is 0 Å². The summed E-state index contributed by atoms with van der Waals surface area (Å²) in [7, 11) is 0. The molecule has 10 nitrogen and oxygen atoms in total. The molecule has 182 valence electrons. The van der Waals surface area contributed by atoms with Gasteiger partial charge in [-0.05, 0) is 42.2 Å². The van der Waals surface area contributed by atoms with Crippen LogP contribution in [0, 0.1) is 5.41 Å². The van der Waals surface area contributed by atoms with Gasteiger partial charge in [-0.1, -0.05) is 13.8 Å². The number of carbonyl (C=O) groups excluding carboxylic acids is 1. The van der Waals surface area contributed by atoms with Crippen LogP contribution in [0.25, 0.3) is 16.6 Å². The van der Waals surface area contributed by atoms with Gasteiger partial charge in [-0.15, -0.1) is 5.10 Å². The molecule has 1 aliphatic heterocycles. The summed E-state index contributed by atoms with van der Waals surface area (Å²) in [6.07, 6.45) is 7.39. The predicted molar refractivity (Wildman–Crippen MR) is 136 cm³/mol. The van der Waals surface area contributed by atoms with Gasteiger partial charge in [0.2, 0.25) is 5.91 Å². The van der Waals surface area contributed by atoms with E-state index in [1.54, 1.807) is 18.6 Å². The first-order chi connectivity index (χ1) is 17.0. The second-order valence-corrected chi connectivity index (χ2v) is 8.60. The fourth-order valence-electron chi connectivity index (χ4n) is 3.67. The molecule has 35 heavy (non-hydrogen) atoms. The summed E-state index contributed by atoms with van der Waals surface area (Å²) in [4.78, 5) is 22.8. The summed E-state index contributed by atoms with van der Waals surface area (Å²) in [5.74, 6) is 1.66. The number of nitrogens with one attached hydrogen (secondary N) is 3. The zero-order chi connectivity index (χ0) is 24.6. The number of allylic oxidation sites excluding steroid dienone is 1. The molecule has 10 heteroatoms. The first-order valence-electron chi connectivity index (χ1n) is 11.7. The number of ether oxygens (including phenoxy) is 1. The normalized spacial score (nSPS) is 14.4. The Morgan fingerprint density at radius 2 is 2.11 bits per heavy atom. The number of aromatic nitrogens is 4. The SMILES string of the molecule is CC(C)c1cnnc(Nc2ccc3ncc(/C(C=N)=C/NCCCN4CCOCC4=O)cc3n2)c1. The molecule has 0 saturated carbocycles.